The first kappa shape index (κ1) is 18.7. The standard InChI is InChI=1S/C16H18Br2N4O2/c17-10-6-11(20-5-4-19)8-12(7-10)21-16(24)22-15-3-1-2-14(18)13(15)9-23/h1-3,6-8,20,23H,4-5,9,19H2,(H2,21,22,24). The minimum absolute atomic E-state index is 0.179. The largest absolute Gasteiger partial charge is 0.392 e. The van der Waals surface area contributed by atoms with Crippen molar-refractivity contribution in [1.82, 2.24) is 0 Å². The Morgan fingerprint density at radius 3 is 2.58 bits per heavy atom. The van der Waals surface area contributed by atoms with Crippen LogP contribution in [0.2, 0.25) is 0 Å². The van der Waals surface area contributed by atoms with E-state index < -0.39 is 6.03 Å². The van der Waals surface area contributed by atoms with Gasteiger partial charge in [-0.05, 0) is 30.3 Å². The molecule has 0 aliphatic heterocycles. The number of urea groups is 1. The number of hydrogen-bond donors (Lipinski definition) is 5. The normalized spacial score (nSPS) is 10.3. The Morgan fingerprint density at radius 1 is 1.12 bits per heavy atom. The average molecular weight is 458 g/mol. The predicted octanol–water partition coefficient (Wildman–Crippen LogP) is 3.72. The van der Waals surface area contributed by atoms with Crippen molar-refractivity contribution in [3.63, 3.8) is 0 Å². The number of amides is 2. The molecule has 0 aliphatic rings. The molecular weight excluding hydrogens is 440 g/mol. The Hall–Kier alpha value is -1.61. The molecule has 0 saturated carbocycles. The second-order valence-electron chi connectivity index (χ2n) is 4.95. The van der Waals surface area contributed by atoms with Crippen molar-refractivity contribution in [2.45, 2.75) is 6.61 Å². The highest BCUT2D eigenvalue weighted by molar-refractivity contribution is 9.10. The Bertz CT molecular complexity index is 725. The number of carbonyl (C=O) groups excluding carboxylic acids is 1. The van der Waals surface area contributed by atoms with Crippen LogP contribution in [-0.4, -0.2) is 24.2 Å². The number of nitrogens with two attached hydrogens (primary N) is 1. The quantitative estimate of drug-likeness (QED) is 0.456. The fraction of sp³-hybridized carbons (Fsp3) is 0.188. The number of nitrogens with one attached hydrogen (secondary N) is 3. The zero-order chi connectivity index (χ0) is 17.5. The van der Waals surface area contributed by atoms with Crippen LogP contribution in [0.4, 0.5) is 21.9 Å². The van der Waals surface area contributed by atoms with Crippen molar-refractivity contribution in [3.8, 4) is 0 Å². The van der Waals surface area contributed by atoms with Gasteiger partial charge in [-0.3, -0.25) is 0 Å². The molecule has 0 radical (unpaired) electrons. The minimum atomic E-state index is -0.398. The van der Waals surface area contributed by atoms with E-state index in [2.05, 4.69) is 47.8 Å². The van der Waals surface area contributed by atoms with Gasteiger partial charge in [-0.25, -0.2) is 4.79 Å². The zero-order valence-electron chi connectivity index (χ0n) is 12.8. The van der Waals surface area contributed by atoms with Crippen LogP contribution < -0.4 is 21.7 Å². The molecule has 2 rings (SSSR count). The number of benzene rings is 2. The molecule has 0 atom stereocenters. The first-order chi connectivity index (χ1) is 11.5. The van der Waals surface area contributed by atoms with E-state index in [-0.39, 0.29) is 6.61 Å². The predicted molar refractivity (Wildman–Crippen MR) is 104 cm³/mol. The number of hydrogen-bond acceptors (Lipinski definition) is 4. The molecule has 0 unspecified atom stereocenters. The van der Waals surface area contributed by atoms with Gasteiger partial charge >= 0.3 is 6.03 Å². The summed E-state index contributed by atoms with van der Waals surface area (Å²) in [5.41, 5.74) is 8.12. The highest BCUT2D eigenvalue weighted by Gasteiger charge is 2.10. The van der Waals surface area contributed by atoms with Crippen molar-refractivity contribution in [2.24, 2.45) is 5.73 Å². The van der Waals surface area contributed by atoms with E-state index >= 15 is 0 Å². The maximum absolute atomic E-state index is 12.2. The Morgan fingerprint density at radius 2 is 1.88 bits per heavy atom. The molecule has 24 heavy (non-hydrogen) atoms. The van der Waals surface area contributed by atoms with Gasteiger partial charge in [-0.2, -0.15) is 0 Å². The summed E-state index contributed by atoms with van der Waals surface area (Å²) < 4.78 is 1.57. The van der Waals surface area contributed by atoms with Crippen LogP contribution in [0, 0.1) is 0 Å². The molecule has 8 heteroatoms. The molecule has 2 amide bonds. The molecule has 128 valence electrons. The van der Waals surface area contributed by atoms with E-state index in [1.54, 1.807) is 24.3 Å². The van der Waals surface area contributed by atoms with Crippen LogP contribution in [0.1, 0.15) is 5.56 Å². The summed E-state index contributed by atoms with van der Waals surface area (Å²) in [5, 5.41) is 18.1. The molecule has 0 bridgehead atoms. The molecule has 0 aliphatic carbocycles. The molecule has 6 nitrogen and oxygen atoms in total. The van der Waals surface area contributed by atoms with Crippen LogP contribution in [-0.2, 0) is 6.61 Å². The fourth-order valence-electron chi connectivity index (χ4n) is 2.10. The highest BCUT2D eigenvalue weighted by Crippen LogP contribution is 2.26. The van der Waals surface area contributed by atoms with Gasteiger partial charge in [0.15, 0.2) is 0 Å². The summed E-state index contributed by atoms with van der Waals surface area (Å²) >= 11 is 6.76. The molecule has 2 aromatic carbocycles. The summed E-state index contributed by atoms with van der Waals surface area (Å²) in [7, 11) is 0. The van der Waals surface area contributed by atoms with Gasteiger partial charge in [0, 0.05) is 44.7 Å². The van der Waals surface area contributed by atoms with Crippen molar-refractivity contribution < 1.29 is 9.90 Å². The smallest absolute Gasteiger partial charge is 0.323 e. The van der Waals surface area contributed by atoms with Crippen LogP contribution in [0.5, 0.6) is 0 Å². The molecule has 0 spiro atoms. The fourth-order valence-corrected chi connectivity index (χ4v) is 3.09. The third-order valence-electron chi connectivity index (χ3n) is 3.15. The second kappa shape index (κ2) is 9.03. The maximum atomic E-state index is 12.2. The van der Waals surface area contributed by atoms with Crippen LogP contribution >= 0.6 is 31.9 Å². The molecule has 6 N–H and O–H groups in total. The van der Waals surface area contributed by atoms with Gasteiger partial charge in [-0.1, -0.05) is 37.9 Å². The monoisotopic (exact) mass is 456 g/mol. The number of anilines is 3. The van der Waals surface area contributed by atoms with Crippen LogP contribution in [0.15, 0.2) is 45.3 Å². The summed E-state index contributed by atoms with van der Waals surface area (Å²) in [5.74, 6) is 0. The van der Waals surface area contributed by atoms with Gasteiger partial charge in [0.05, 0.1) is 6.61 Å². The lowest BCUT2D eigenvalue weighted by atomic mass is 10.2. The maximum Gasteiger partial charge on any atom is 0.323 e. The van der Waals surface area contributed by atoms with Gasteiger partial charge in [0.25, 0.3) is 0 Å². The SMILES string of the molecule is NCCNc1cc(Br)cc(NC(=O)Nc2cccc(Br)c2CO)c1. The van der Waals surface area contributed by atoms with Crippen LogP contribution in [0.3, 0.4) is 0 Å². The summed E-state index contributed by atoms with van der Waals surface area (Å²) in [6.45, 7) is 0.976. The summed E-state index contributed by atoms with van der Waals surface area (Å²) in [6, 6.07) is 10.4. The lowest BCUT2D eigenvalue weighted by molar-refractivity contribution is 0.262. The average Bonchev–Trinajstić information content (AvgIpc) is 2.52. The zero-order valence-corrected chi connectivity index (χ0v) is 15.9. The van der Waals surface area contributed by atoms with Gasteiger partial charge in [0.2, 0.25) is 0 Å². The number of carbonyl (C=O) groups is 1. The molecule has 0 fully saturated rings. The van der Waals surface area contributed by atoms with Gasteiger partial charge < -0.3 is 26.8 Å². The van der Waals surface area contributed by atoms with Crippen molar-refractivity contribution >= 4 is 55.0 Å². The second-order valence-corrected chi connectivity index (χ2v) is 6.72. The Labute approximate surface area is 157 Å². The van der Waals surface area contributed by atoms with E-state index in [0.717, 1.165) is 14.6 Å². The van der Waals surface area contributed by atoms with Gasteiger partial charge in [-0.15, -0.1) is 0 Å². The first-order valence-electron chi connectivity index (χ1n) is 7.24. The lowest BCUT2D eigenvalue weighted by Gasteiger charge is -2.13. The van der Waals surface area contributed by atoms with E-state index in [0.29, 0.717) is 30.0 Å². The van der Waals surface area contributed by atoms with Crippen molar-refractivity contribution in [2.75, 3.05) is 29.0 Å². The molecule has 0 saturated heterocycles. The Balaban J connectivity index is 2.10. The van der Waals surface area contributed by atoms with E-state index in [1.807, 2.05) is 12.1 Å². The Kier molecular flexibility index (Phi) is 7.04. The summed E-state index contributed by atoms with van der Waals surface area (Å²) in [4.78, 5) is 12.2. The van der Waals surface area contributed by atoms with Crippen molar-refractivity contribution in [3.05, 3.63) is 50.9 Å². The van der Waals surface area contributed by atoms with E-state index in [4.69, 9.17) is 5.73 Å². The van der Waals surface area contributed by atoms with Crippen molar-refractivity contribution in [1.29, 1.82) is 0 Å². The third-order valence-corrected chi connectivity index (χ3v) is 4.36. The number of aliphatic hydroxyl groups excluding tert-OH is 1. The third kappa shape index (κ3) is 5.20. The molecule has 0 aromatic heterocycles. The number of halogens is 2. The lowest BCUT2D eigenvalue weighted by Crippen LogP contribution is -2.20. The van der Waals surface area contributed by atoms with E-state index in [1.165, 1.54) is 0 Å². The van der Waals surface area contributed by atoms with Gasteiger partial charge in [0.1, 0.15) is 0 Å². The summed E-state index contributed by atoms with van der Waals surface area (Å²) in [6.07, 6.45) is 0. The first-order valence-corrected chi connectivity index (χ1v) is 8.83. The molecular formula is C16H18Br2N4O2. The molecule has 0 heterocycles. The number of aliphatic hydroxyl groups is 1. The topological polar surface area (TPSA) is 99.4 Å². The van der Waals surface area contributed by atoms with E-state index in [9.17, 15) is 9.90 Å². The molecule has 2 aromatic rings. The highest BCUT2D eigenvalue weighted by atomic mass is 79.9. The minimum Gasteiger partial charge on any atom is -0.392 e. The van der Waals surface area contributed by atoms with Crippen LogP contribution in [0.25, 0.3) is 0 Å². The number of rotatable bonds is 6.